The molecular weight excluding hydrogens is 237 g/mol. The van der Waals surface area contributed by atoms with Crippen LogP contribution in [0.4, 0.5) is 15.8 Å². The topological polar surface area (TPSA) is 50.9 Å². The maximum atomic E-state index is 12.9. The molecule has 1 aromatic heterocycles. The van der Waals surface area contributed by atoms with Crippen LogP contribution < -0.4 is 11.1 Å². The molecule has 0 saturated carbocycles. The number of anilines is 2. The quantitative estimate of drug-likeness (QED) is 0.822. The van der Waals surface area contributed by atoms with Crippen LogP contribution in [0.15, 0.2) is 23.6 Å². The number of nitrogens with zero attached hydrogens (tertiary/aromatic N) is 1. The molecule has 2 aromatic rings. The van der Waals surface area contributed by atoms with Gasteiger partial charge < -0.3 is 11.1 Å². The minimum Gasteiger partial charge on any atom is -0.397 e. The molecule has 0 amide bonds. The Kier molecular flexibility index (Phi) is 3.28. The van der Waals surface area contributed by atoms with Crippen LogP contribution in [0.2, 0.25) is 0 Å². The van der Waals surface area contributed by atoms with Crippen molar-refractivity contribution in [1.29, 1.82) is 0 Å². The molecule has 17 heavy (non-hydrogen) atoms. The summed E-state index contributed by atoms with van der Waals surface area (Å²) in [7, 11) is 0. The predicted molar refractivity (Wildman–Crippen MR) is 69.7 cm³/mol. The molecule has 0 fully saturated rings. The number of nitrogen functional groups attached to an aromatic ring is 1. The summed E-state index contributed by atoms with van der Waals surface area (Å²) < 4.78 is 12.9. The second kappa shape index (κ2) is 4.71. The van der Waals surface area contributed by atoms with E-state index >= 15 is 0 Å². The van der Waals surface area contributed by atoms with Crippen LogP contribution in [-0.4, -0.2) is 4.98 Å². The van der Waals surface area contributed by atoms with Crippen LogP contribution in [0.1, 0.15) is 23.7 Å². The Labute approximate surface area is 103 Å². The van der Waals surface area contributed by atoms with Gasteiger partial charge in [0.2, 0.25) is 0 Å². The maximum Gasteiger partial charge on any atom is 0.125 e. The Bertz CT molecular complexity index is 524. The van der Waals surface area contributed by atoms with E-state index in [1.165, 1.54) is 12.1 Å². The molecule has 0 spiro atoms. The summed E-state index contributed by atoms with van der Waals surface area (Å²) in [5.74, 6) is -0.328. The minimum atomic E-state index is -0.328. The lowest BCUT2D eigenvalue weighted by Crippen LogP contribution is -2.08. The Morgan fingerprint density at radius 1 is 1.47 bits per heavy atom. The fraction of sp³-hybridized carbons (Fsp3) is 0.250. The number of nitrogens with two attached hydrogens (primary N) is 1. The van der Waals surface area contributed by atoms with Gasteiger partial charge in [-0.3, -0.25) is 0 Å². The number of halogens is 1. The van der Waals surface area contributed by atoms with Crippen molar-refractivity contribution in [2.24, 2.45) is 0 Å². The van der Waals surface area contributed by atoms with Crippen molar-refractivity contribution < 1.29 is 4.39 Å². The van der Waals surface area contributed by atoms with E-state index in [1.807, 2.05) is 19.2 Å². The highest BCUT2D eigenvalue weighted by Crippen LogP contribution is 2.26. The molecule has 90 valence electrons. The zero-order valence-corrected chi connectivity index (χ0v) is 10.5. The molecular formula is C12H14FN3S. The third kappa shape index (κ3) is 2.74. The van der Waals surface area contributed by atoms with E-state index in [0.29, 0.717) is 5.69 Å². The third-order valence-corrected chi connectivity index (χ3v) is 3.54. The predicted octanol–water partition coefficient (Wildman–Crippen LogP) is 3.35. The summed E-state index contributed by atoms with van der Waals surface area (Å²) in [5.41, 5.74) is 7.87. The van der Waals surface area contributed by atoms with E-state index in [9.17, 15) is 4.39 Å². The fourth-order valence-electron chi connectivity index (χ4n) is 1.53. The highest BCUT2D eigenvalue weighted by atomic mass is 32.1. The van der Waals surface area contributed by atoms with Crippen molar-refractivity contribution >= 4 is 22.7 Å². The molecule has 0 aliphatic carbocycles. The molecule has 2 rings (SSSR count). The van der Waals surface area contributed by atoms with Crippen molar-refractivity contribution in [3.05, 3.63) is 40.1 Å². The second-order valence-electron chi connectivity index (χ2n) is 3.92. The van der Waals surface area contributed by atoms with E-state index in [0.717, 1.165) is 16.4 Å². The van der Waals surface area contributed by atoms with E-state index in [2.05, 4.69) is 10.3 Å². The molecule has 3 nitrogen and oxygen atoms in total. The lowest BCUT2D eigenvalue weighted by Gasteiger charge is -2.14. The van der Waals surface area contributed by atoms with E-state index < -0.39 is 0 Å². The maximum absolute atomic E-state index is 12.9. The molecule has 3 N–H and O–H groups in total. The van der Waals surface area contributed by atoms with Crippen LogP contribution in [0.3, 0.4) is 0 Å². The molecule has 1 atom stereocenters. The summed E-state index contributed by atoms with van der Waals surface area (Å²) in [4.78, 5) is 4.40. The molecule has 1 heterocycles. The van der Waals surface area contributed by atoms with Gasteiger partial charge in [0.1, 0.15) is 10.8 Å². The van der Waals surface area contributed by atoms with Gasteiger partial charge in [0.05, 0.1) is 17.4 Å². The molecule has 1 aromatic carbocycles. The zero-order chi connectivity index (χ0) is 12.4. The molecule has 0 aliphatic rings. The zero-order valence-electron chi connectivity index (χ0n) is 9.70. The first-order valence-electron chi connectivity index (χ1n) is 5.30. The standard InChI is InChI=1S/C12H14FN3S/c1-7-6-17-12(15-7)8(2)16-11-4-3-9(13)5-10(11)14/h3-6,8,16H,14H2,1-2H3. The Balaban J connectivity index is 2.15. The number of thiazole rings is 1. The van der Waals surface area contributed by atoms with Gasteiger partial charge in [-0.05, 0) is 32.0 Å². The van der Waals surface area contributed by atoms with Crippen LogP contribution in [0, 0.1) is 12.7 Å². The first-order chi connectivity index (χ1) is 8.06. The van der Waals surface area contributed by atoms with Gasteiger partial charge in [-0.2, -0.15) is 0 Å². The number of nitrogens with one attached hydrogen (secondary N) is 1. The van der Waals surface area contributed by atoms with Gasteiger partial charge in [0.15, 0.2) is 0 Å². The number of aryl methyl sites for hydroxylation is 1. The lowest BCUT2D eigenvalue weighted by atomic mass is 10.2. The van der Waals surface area contributed by atoms with Gasteiger partial charge in [0, 0.05) is 11.1 Å². The smallest absolute Gasteiger partial charge is 0.125 e. The first-order valence-corrected chi connectivity index (χ1v) is 6.18. The summed E-state index contributed by atoms with van der Waals surface area (Å²) in [6.45, 7) is 3.96. The highest BCUT2D eigenvalue weighted by Gasteiger charge is 2.10. The molecule has 0 radical (unpaired) electrons. The van der Waals surface area contributed by atoms with Crippen molar-refractivity contribution in [3.8, 4) is 0 Å². The summed E-state index contributed by atoms with van der Waals surface area (Å²) >= 11 is 1.60. The number of aromatic nitrogens is 1. The molecule has 5 heteroatoms. The number of hydrogen-bond acceptors (Lipinski definition) is 4. The van der Waals surface area contributed by atoms with Gasteiger partial charge in [-0.15, -0.1) is 11.3 Å². The van der Waals surface area contributed by atoms with Gasteiger partial charge in [-0.25, -0.2) is 9.37 Å². The third-order valence-electron chi connectivity index (χ3n) is 2.39. The van der Waals surface area contributed by atoms with E-state index in [4.69, 9.17) is 5.73 Å². The minimum absolute atomic E-state index is 0.0569. The Hall–Kier alpha value is -1.62. The summed E-state index contributed by atoms with van der Waals surface area (Å²) in [6, 6.07) is 4.39. The molecule has 0 saturated heterocycles. The van der Waals surface area contributed by atoms with Crippen molar-refractivity contribution in [2.45, 2.75) is 19.9 Å². The summed E-state index contributed by atoms with van der Waals surface area (Å²) in [5, 5.41) is 6.22. The fourth-order valence-corrected chi connectivity index (χ4v) is 2.33. The number of benzene rings is 1. The Morgan fingerprint density at radius 3 is 2.82 bits per heavy atom. The average Bonchev–Trinajstić information content (AvgIpc) is 2.69. The van der Waals surface area contributed by atoms with Crippen molar-refractivity contribution in [3.63, 3.8) is 0 Å². The van der Waals surface area contributed by atoms with Crippen molar-refractivity contribution in [1.82, 2.24) is 4.98 Å². The first kappa shape index (κ1) is 11.9. The van der Waals surface area contributed by atoms with Crippen LogP contribution >= 0.6 is 11.3 Å². The van der Waals surface area contributed by atoms with Crippen molar-refractivity contribution in [2.75, 3.05) is 11.1 Å². The van der Waals surface area contributed by atoms with E-state index in [1.54, 1.807) is 17.4 Å². The second-order valence-corrected chi connectivity index (χ2v) is 4.81. The van der Waals surface area contributed by atoms with Crippen LogP contribution in [-0.2, 0) is 0 Å². The van der Waals surface area contributed by atoms with Gasteiger partial charge in [0.25, 0.3) is 0 Å². The average molecular weight is 251 g/mol. The SMILES string of the molecule is Cc1csc(C(C)Nc2ccc(F)cc2N)n1. The van der Waals surface area contributed by atoms with Crippen LogP contribution in [0.25, 0.3) is 0 Å². The number of hydrogen-bond donors (Lipinski definition) is 2. The monoisotopic (exact) mass is 251 g/mol. The van der Waals surface area contributed by atoms with Gasteiger partial charge >= 0.3 is 0 Å². The lowest BCUT2D eigenvalue weighted by molar-refractivity contribution is 0.628. The van der Waals surface area contributed by atoms with Crippen LogP contribution in [0.5, 0.6) is 0 Å². The van der Waals surface area contributed by atoms with Gasteiger partial charge in [-0.1, -0.05) is 0 Å². The molecule has 0 bridgehead atoms. The number of rotatable bonds is 3. The summed E-state index contributed by atoms with van der Waals surface area (Å²) in [6.07, 6.45) is 0. The molecule has 0 aliphatic heterocycles. The normalized spacial score (nSPS) is 12.4. The Morgan fingerprint density at radius 2 is 2.24 bits per heavy atom. The van der Waals surface area contributed by atoms with E-state index in [-0.39, 0.29) is 11.9 Å². The largest absolute Gasteiger partial charge is 0.397 e. The molecule has 1 unspecified atom stereocenters. The highest BCUT2D eigenvalue weighted by molar-refractivity contribution is 7.09.